The second kappa shape index (κ2) is 11.0. The summed E-state index contributed by atoms with van der Waals surface area (Å²) in [6, 6.07) is 30.0. The molecule has 1 fully saturated rings. The van der Waals surface area contributed by atoms with Crippen LogP contribution in [0.5, 0.6) is 0 Å². The molecule has 0 radical (unpaired) electrons. The first-order valence-corrected chi connectivity index (χ1v) is 13.1. The van der Waals surface area contributed by atoms with E-state index in [2.05, 4.69) is 34.2 Å². The number of benzene rings is 3. The van der Waals surface area contributed by atoms with Gasteiger partial charge in [0.2, 0.25) is 0 Å². The SMILES string of the molecule is O=C(c1cc(-c2ccccc2F)nc2cc(-c3ccccc3)nn12)N1CCN(C/C=C/c2ccccc2)CC1. The molecule has 0 spiro atoms. The van der Waals surface area contributed by atoms with E-state index in [9.17, 15) is 9.18 Å². The number of amides is 1. The summed E-state index contributed by atoms with van der Waals surface area (Å²) in [6.07, 6.45) is 4.28. The van der Waals surface area contributed by atoms with Gasteiger partial charge in [0.15, 0.2) is 5.65 Å². The zero-order valence-electron chi connectivity index (χ0n) is 21.5. The lowest BCUT2D eigenvalue weighted by atomic mass is 10.1. The summed E-state index contributed by atoms with van der Waals surface area (Å²) in [5, 5.41) is 4.73. The summed E-state index contributed by atoms with van der Waals surface area (Å²) in [5.41, 5.74) is 4.44. The first-order valence-electron chi connectivity index (χ1n) is 13.1. The molecular weight excluding hydrogens is 489 g/mol. The van der Waals surface area contributed by atoms with E-state index in [-0.39, 0.29) is 11.7 Å². The van der Waals surface area contributed by atoms with Crippen LogP contribution in [0, 0.1) is 5.82 Å². The molecule has 1 aliphatic heterocycles. The average molecular weight is 518 g/mol. The average Bonchev–Trinajstić information content (AvgIpc) is 3.42. The van der Waals surface area contributed by atoms with E-state index in [1.165, 1.54) is 11.6 Å². The summed E-state index contributed by atoms with van der Waals surface area (Å²) in [5.74, 6) is -0.519. The van der Waals surface area contributed by atoms with Crippen LogP contribution >= 0.6 is 0 Å². The standard InChI is InChI=1S/C32H28FN5O/c33-27-16-8-7-15-26(27)29-22-30(38-31(34-29)23-28(35-38)25-13-5-2-6-14-25)32(39)37-20-18-36(19-21-37)17-9-12-24-10-3-1-4-11-24/h1-16,22-23H,17-21H2/b12-9+. The fourth-order valence-corrected chi connectivity index (χ4v) is 4.88. The Morgan fingerprint density at radius 1 is 0.821 bits per heavy atom. The van der Waals surface area contributed by atoms with Crippen molar-refractivity contribution < 1.29 is 9.18 Å². The third-order valence-corrected chi connectivity index (χ3v) is 7.00. The molecule has 5 aromatic rings. The highest BCUT2D eigenvalue weighted by Gasteiger charge is 2.25. The third-order valence-electron chi connectivity index (χ3n) is 7.00. The molecule has 7 heteroatoms. The zero-order valence-corrected chi connectivity index (χ0v) is 21.5. The Kier molecular flexibility index (Phi) is 6.97. The van der Waals surface area contributed by atoms with Crippen LogP contribution in [0.1, 0.15) is 16.1 Å². The number of piperazine rings is 1. The van der Waals surface area contributed by atoms with Crippen molar-refractivity contribution in [2.24, 2.45) is 0 Å². The third kappa shape index (κ3) is 5.35. The molecule has 0 bridgehead atoms. The van der Waals surface area contributed by atoms with E-state index in [1.54, 1.807) is 28.8 Å². The lowest BCUT2D eigenvalue weighted by Gasteiger charge is -2.34. The van der Waals surface area contributed by atoms with Crippen molar-refractivity contribution in [1.29, 1.82) is 0 Å². The summed E-state index contributed by atoms with van der Waals surface area (Å²) >= 11 is 0. The van der Waals surface area contributed by atoms with Crippen LogP contribution < -0.4 is 0 Å². The number of carbonyl (C=O) groups is 1. The molecule has 2 aromatic heterocycles. The summed E-state index contributed by atoms with van der Waals surface area (Å²) < 4.78 is 16.3. The Morgan fingerprint density at radius 2 is 1.51 bits per heavy atom. The van der Waals surface area contributed by atoms with Gasteiger partial charge in [0.05, 0.1) is 11.4 Å². The van der Waals surface area contributed by atoms with E-state index >= 15 is 0 Å². The van der Waals surface area contributed by atoms with Crippen molar-refractivity contribution in [3.8, 4) is 22.5 Å². The molecule has 6 nitrogen and oxygen atoms in total. The summed E-state index contributed by atoms with van der Waals surface area (Å²) in [7, 11) is 0. The van der Waals surface area contributed by atoms with Crippen LogP contribution in [0.25, 0.3) is 34.2 Å². The van der Waals surface area contributed by atoms with E-state index in [0.717, 1.165) is 25.2 Å². The molecule has 6 rings (SSSR count). The molecule has 0 atom stereocenters. The minimum Gasteiger partial charge on any atom is -0.335 e. The molecule has 0 saturated carbocycles. The molecule has 194 valence electrons. The van der Waals surface area contributed by atoms with Gasteiger partial charge in [0.1, 0.15) is 11.5 Å². The Morgan fingerprint density at radius 3 is 2.26 bits per heavy atom. The van der Waals surface area contributed by atoms with Gasteiger partial charge >= 0.3 is 0 Å². The number of nitrogens with zero attached hydrogens (tertiary/aromatic N) is 5. The normalized spacial score (nSPS) is 14.3. The van der Waals surface area contributed by atoms with Crippen molar-refractivity contribution in [2.45, 2.75) is 0 Å². The van der Waals surface area contributed by atoms with Crippen molar-refractivity contribution in [1.82, 2.24) is 24.4 Å². The molecule has 1 amide bonds. The minimum absolute atomic E-state index is 0.137. The highest BCUT2D eigenvalue weighted by Crippen LogP contribution is 2.26. The van der Waals surface area contributed by atoms with Gasteiger partial charge in [-0.25, -0.2) is 13.9 Å². The van der Waals surface area contributed by atoms with Gasteiger partial charge in [-0.2, -0.15) is 5.10 Å². The second-order valence-electron chi connectivity index (χ2n) is 9.58. The Balaban J connectivity index is 1.26. The van der Waals surface area contributed by atoms with E-state index in [0.29, 0.717) is 41.4 Å². The Bertz CT molecular complexity index is 1620. The largest absolute Gasteiger partial charge is 0.335 e. The van der Waals surface area contributed by atoms with Gasteiger partial charge in [-0.3, -0.25) is 9.69 Å². The van der Waals surface area contributed by atoms with Gasteiger partial charge in [-0.15, -0.1) is 0 Å². The maximum atomic E-state index is 14.7. The van der Waals surface area contributed by atoms with Gasteiger partial charge in [0, 0.05) is 49.9 Å². The lowest BCUT2D eigenvalue weighted by Crippen LogP contribution is -2.49. The smallest absolute Gasteiger partial charge is 0.272 e. The number of rotatable bonds is 6. The van der Waals surface area contributed by atoms with Gasteiger partial charge in [-0.05, 0) is 23.8 Å². The van der Waals surface area contributed by atoms with Crippen molar-refractivity contribution >= 4 is 17.6 Å². The quantitative estimate of drug-likeness (QED) is 0.291. The van der Waals surface area contributed by atoms with Crippen molar-refractivity contribution in [3.05, 3.63) is 120 Å². The predicted octanol–water partition coefficient (Wildman–Crippen LogP) is 5.67. The first-order chi connectivity index (χ1) is 19.2. The highest BCUT2D eigenvalue weighted by molar-refractivity contribution is 5.94. The molecule has 3 heterocycles. The number of aromatic nitrogens is 3. The number of carbonyl (C=O) groups excluding carboxylic acids is 1. The van der Waals surface area contributed by atoms with Crippen molar-refractivity contribution in [2.75, 3.05) is 32.7 Å². The van der Waals surface area contributed by atoms with Crippen LogP contribution in [-0.2, 0) is 0 Å². The van der Waals surface area contributed by atoms with Gasteiger partial charge in [-0.1, -0.05) is 84.9 Å². The van der Waals surface area contributed by atoms with E-state index in [4.69, 9.17) is 5.10 Å². The molecule has 3 aromatic carbocycles. The fourth-order valence-electron chi connectivity index (χ4n) is 4.88. The summed E-state index contributed by atoms with van der Waals surface area (Å²) in [4.78, 5) is 22.7. The van der Waals surface area contributed by atoms with Crippen LogP contribution in [0.2, 0.25) is 0 Å². The maximum Gasteiger partial charge on any atom is 0.272 e. The first kappa shape index (κ1) is 24.7. The molecule has 1 saturated heterocycles. The number of halogens is 1. The van der Waals surface area contributed by atoms with Crippen LogP contribution in [0.3, 0.4) is 0 Å². The number of hydrogen-bond donors (Lipinski definition) is 0. The zero-order chi connectivity index (χ0) is 26.6. The highest BCUT2D eigenvalue weighted by atomic mass is 19.1. The monoisotopic (exact) mass is 517 g/mol. The molecular formula is C32H28FN5O. The maximum absolute atomic E-state index is 14.7. The molecule has 39 heavy (non-hydrogen) atoms. The number of hydrogen-bond acceptors (Lipinski definition) is 4. The number of fused-ring (bicyclic) bond motifs is 1. The Hall–Kier alpha value is -4.62. The van der Waals surface area contributed by atoms with Crippen molar-refractivity contribution in [3.63, 3.8) is 0 Å². The van der Waals surface area contributed by atoms with Gasteiger partial charge < -0.3 is 4.90 Å². The fraction of sp³-hybridized carbons (Fsp3) is 0.156. The van der Waals surface area contributed by atoms with Gasteiger partial charge in [0.25, 0.3) is 5.91 Å². The minimum atomic E-state index is -0.382. The molecule has 0 aliphatic carbocycles. The van der Waals surface area contributed by atoms with Crippen LogP contribution in [0.4, 0.5) is 4.39 Å². The molecule has 1 aliphatic rings. The van der Waals surface area contributed by atoms with Crippen LogP contribution in [0.15, 0.2) is 103 Å². The summed E-state index contributed by atoms with van der Waals surface area (Å²) in [6.45, 7) is 3.57. The predicted molar refractivity (Wildman–Crippen MR) is 152 cm³/mol. The second-order valence-corrected chi connectivity index (χ2v) is 9.58. The Labute approximate surface area is 226 Å². The lowest BCUT2D eigenvalue weighted by molar-refractivity contribution is 0.0641. The molecule has 0 N–H and O–H groups in total. The van der Waals surface area contributed by atoms with E-state index < -0.39 is 0 Å². The van der Waals surface area contributed by atoms with Crippen LogP contribution in [-0.4, -0.2) is 63.0 Å². The van der Waals surface area contributed by atoms with E-state index in [1.807, 2.05) is 59.5 Å². The topological polar surface area (TPSA) is 53.7 Å². The molecule has 0 unspecified atom stereocenters.